The Kier molecular flexibility index (Phi) is 10.1. The van der Waals surface area contributed by atoms with Crippen molar-refractivity contribution in [3.05, 3.63) is 42.5 Å². The number of aliphatic hydroxyl groups is 1. The van der Waals surface area contributed by atoms with Gasteiger partial charge in [0.15, 0.2) is 0 Å². The summed E-state index contributed by atoms with van der Waals surface area (Å²) in [5.74, 6) is 0.953. The van der Waals surface area contributed by atoms with E-state index in [1.165, 1.54) is 0 Å². The molecule has 2 aromatic rings. The molecule has 35 heavy (non-hydrogen) atoms. The monoisotopic (exact) mass is 503 g/mol. The van der Waals surface area contributed by atoms with E-state index in [-0.39, 0.29) is 23.2 Å². The third-order valence-corrected chi connectivity index (χ3v) is 7.85. The van der Waals surface area contributed by atoms with Crippen LogP contribution in [0.5, 0.6) is 5.75 Å². The van der Waals surface area contributed by atoms with Crippen LogP contribution in [-0.4, -0.2) is 73.5 Å². The molecule has 0 bridgehead atoms. The van der Waals surface area contributed by atoms with Crippen molar-refractivity contribution in [3.8, 4) is 5.75 Å². The van der Waals surface area contributed by atoms with Crippen LogP contribution >= 0.6 is 11.6 Å². The maximum atomic E-state index is 12.0. The molecular formula is C28H38ClNO5. The van der Waals surface area contributed by atoms with Crippen LogP contribution in [0.15, 0.2) is 42.5 Å². The van der Waals surface area contributed by atoms with E-state index in [1.807, 2.05) is 24.3 Å². The first-order valence-electron chi connectivity index (χ1n) is 13.0. The first kappa shape index (κ1) is 26.2. The molecule has 4 atom stereocenters. The molecule has 0 spiro atoms. The standard InChI is InChI=1S/C28H38ClNO5/c29-25-19-26(31)24(20-35-27-11-6-8-21-7-4-5-9-22(21)27)23(25)10-2-1-3-12-28(32)34-18-15-30-13-16-33-17-14-30/h4-9,11,23-26,31H,1-3,10,12-20H2/t23-,24-,25-,26-/m1/s1. The zero-order chi connectivity index (χ0) is 24.5. The molecule has 1 aliphatic heterocycles. The average Bonchev–Trinajstić information content (AvgIpc) is 3.14. The Bertz CT molecular complexity index is 929. The van der Waals surface area contributed by atoms with E-state index in [4.69, 9.17) is 25.8 Å². The van der Waals surface area contributed by atoms with Gasteiger partial charge >= 0.3 is 5.97 Å². The molecule has 0 aromatic heterocycles. The highest BCUT2D eigenvalue weighted by Gasteiger charge is 2.41. The first-order chi connectivity index (χ1) is 17.1. The van der Waals surface area contributed by atoms with Crippen LogP contribution in [0.3, 0.4) is 0 Å². The highest BCUT2D eigenvalue weighted by Crippen LogP contribution is 2.40. The fraction of sp³-hybridized carbons (Fsp3) is 0.607. The molecule has 1 saturated heterocycles. The van der Waals surface area contributed by atoms with Crippen molar-refractivity contribution < 1.29 is 24.1 Å². The topological polar surface area (TPSA) is 68.2 Å². The summed E-state index contributed by atoms with van der Waals surface area (Å²) in [7, 11) is 0. The van der Waals surface area contributed by atoms with E-state index >= 15 is 0 Å². The number of nitrogens with zero attached hydrogens (tertiary/aromatic N) is 1. The van der Waals surface area contributed by atoms with Crippen LogP contribution < -0.4 is 4.74 Å². The third-order valence-electron chi connectivity index (χ3n) is 7.35. The van der Waals surface area contributed by atoms with Gasteiger partial charge in [0.05, 0.1) is 25.9 Å². The van der Waals surface area contributed by atoms with Gasteiger partial charge in [-0.15, -0.1) is 11.6 Å². The predicted octanol–water partition coefficient (Wildman–Crippen LogP) is 4.65. The van der Waals surface area contributed by atoms with Crippen molar-refractivity contribution in [1.82, 2.24) is 4.90 Å². The van der Waals surface area contributed by atoms with Gasteiger partial charge in [0, 0.05) is 42.7 Å². The lowest BCUT2D eigenvalue weighted by Gasteiger charge is -2.26. The molecule has 2 aliphatic rings. The van der Waals surface area contributed by atoms with Crippen molar-refractivity contribution in [3.63, 3.8) is 0 Å². The van der Waals surface area contributed by atoms with Crippen molar-refractivity contribution in [1.29, 1.82) is 0 Å². The number of ether oxygens (including phenoxy) is 3. The quantitative estimate of drug-likeness (QED) is 0.258. The first-order valence-corrected chi connectivity index (χ1v) is 13.4. The van der Waals surface area contributed by atoms with Gasteiger partial charge < -0.3 is 19.3 Å². The summed E-state index contributed by atoms with van der Waals surface area (Å²) in [6, 6.07) is 14.2. The molecule has 1 N–H and O–H groups in total. The maximum absolute atomic E-state index is 12.0. The second-order valence-corrected chi connectivity index (χ2v) is 10.3. The Morgan fingerprint density at radius 1 is 1.06 bits per heavy atom. The van der Waals surface area contributed by atoms with E-state index in [1.54, 1.807) is 0 Å². The van der Waals surface area contributed by atoms with Crippen LogP contribution in [-0.2, 0) is 14.3 Å². The summed E-state index contributed by atoms with van der Waals surface area (Å²) in [6.45, 7) is 5.00. The van der Waals surface area contributed by atoms with Crippen molar-refractivity contribution >= 4 is 28.3 Å². The van der Waals surface area contributed by atoms with E-state index in [2.05, 4.69) is 23.1 Å². The molecule has 1 saturated carbocycles. The number of unbranched alkanes of at least 4 members (excludes halogenated alkanes) is 2. The van der Waals surface area contributed by atoms with Crippen molar-refractivity contribution in [2.45, 2.75) is 50.0 Å². The third kappa shape index (κ3) is 7.56. The van der Waals surface area contributed by atoms with Gasteiger partial charge in [-0.05, 0) is 36.6 Å². The molecule has 4 rings (SSSR count). The summed E-state index contributed by atoms with van der Waals surface area (Å²) in [5.41, 5.74) is 0. The molecule has 0 amide bonds. The van der Waals surface area contributed by atoms with Crippen LogP contribution in [0, 0.1) is 11.8 Å². The van der Waals surface area contributed by atoms with Crippen LogP contribution in [0.1, 0.15) is 38.5 Å². The normalized spacial score (nSPS) is 25.1. The zero-order valence-electron chi connectivity index (χ0n) is 20.4. The number of alkyl halides is 1. The molecule has 7 heteroatoms. The minimum absolute atomic E-state index is 0.0154. The Labute approximate surface area is 213 Å². The summed E-state index contributed by atoms with van der Waals surface area (Å²) in [5, 5.41) is 12.8. The SMILES string of the molecule is O=C(CCCCC[C@@H]1[C@@H](COc2cccc3ccccc23)[C@H](O)C[C@H]1Cl)OCCN1CCOCC1. The number of carbonyl (C=O) groups is 1. The number of morpholine rings is 1. The molecule has 1 heterocycles. The summed E-state index contributed by atoms with van der Waals surface area (Å²) < 4.78 is 16.9. The second-order valence-electron chi connectivity index (χ2n) is 9.71. The maximum Gasteiger partial charge on any atom is 0.305 e. The Morgan fingerprint density at radius 2 is 1.86 bits per heavy atom. The smallest absolute Gasteiger partial charge is 0.305 e. The lowest BCUT2D eigenvalue weighted by molar-refractivity contribution is -0.144. The molecule has 2 aromatic carbocycles. The van der Waals surface area contributed by atoms with Crippen LogP contribution in [0.2, 0.25) is 0 Å². The highest BCUT2D eigenvalue weighted by atomic mass is 35.5. The number of esters is 1. The highest BCUT2D eigenvalue weighted by molar-refractivity contribution is 6.21. The van der Waals surface area contributed by atoms with Gasteiger partial charge in [0.1, 0.15) is 12.4 Å². The summed E-state index contributed by atoms with van der Waals surface area (Å²) in [6.07, 6.45) is 4.29. The molecule has 2 fully saturated rings. The largest absolute Gasteiger partial charge is 0.493 e. The fourth-order valence-electron chi connectivity index (χ4n) is 5.28. The molecular weight excluding hydrogens is 466 g/mol. The number of hydrogen-bond donors (Lipinski definition) is 1. The van der Waals surface area contributed by atoms with E-state index in [0.29, 0.717) is 26.1 Å². The Hall–Kier alpha value is -1.86. The molecule has 1 aliphatic carbocycles. The van der Waals surface area contributed by atoms with Crippen LogP contribution in [0.25, 0.3) is 10.8 Å². The molecule has 0 radical (unpaired) electrons. The van der Waals surface area contributed by atoms with Gasteiger partial charge in [0.2, 0.25) is 0 Å². The Morgan fingerprint density at radius 3 is 2.71 bits per heavy atom. The van der Waals surface area contributed by atoms with E-state index in [9.17, 15) is 9.90 Å². The molecule has 6 nitrogen and oxygen atoms in total. The minimum Gasteiger partial charge on any atom is -0.493 e. The van der Waals surface area contributed by atoms with Gasteiger partial charge in [-0.1, -0.05) is 49.2 Å². The number of halogens is 1. The van der Waals surface area contributed by atoms with Gasteiger partial charge in [-0.25, -0.2) is 0 Å². The number of benzene rings is 2. The van der Waals surface area contributed by atoms with E-state index < -0.39 is 6.10 Å². The lowest BCUT2D eigenvalue weighted by Crippen LogP contribution is -2.38. The van der Waals surface area contributed by atoms with Gasteiger partial charge in [-0.2, -0.15) is 0 Å². The number of aliphatic hydroxyl groups excluding tert-OH is 1. The zero-order valence-corrected chi connectivity index (χ0v) is 21.2. The molecule has 192 valence electrons. The molecule has 0 unspecified atom stereocenters. The second kappa shape index (κ2) is 13.4. The Balaban J connectivity index is 1.15. The number of hydrogen-bond acceptors (Lipinski definition) is 6. The average molecular weight is 504 g/mol. The van der Waals surface area contributed by atoms with Crippen LogP contribution in [0.4, 0.5) is 0 Å². The fourth-order valence-corrected chi connectivity index (χ4v) is 5.78. The summed E-state index contributed by atoms with van der Waals surface area (Å²) >= 11 is 6.63. The lowest BCUT2D eigenvalue weighted by atomic mass is 9.90. The van der Waals surface area contributed by atoms with Gasteiger partial charge in [0.25, 0.3) is 0 Å². The minimum atomic E-state index is -0.445. The van der Waals surface area contributed by atoms with Crippen molar-refractivity contribution in [2.75, 3.05) is 46.1 Å². The van der Waals surface area contributed by atoms with Gasteiger partial charge in [-0.3, -0.25) is 9.69 Å². The van der Waals surface area contributed by atoms with E-state index in [0.717, 1.165) is 75.1 Å². The van der Waals surface area contributed by atoms with Crippen molar-refractivity contribution in [2.24, 2.45) is 11.8 Å². The number of rotatable bonds is 12. The number of fused-ring (bicyclic) bond motifs is 1. The summed E-state index contributed by atoms with van der Waals surface area (Å²) in [4.78, 5) is 14.3. The number of carbonyl (C=O) groups excluding carboxylic acids is 1. The predicted molar refractivity (Wildman–Crippen MR) is 138 cm³/mol.